The second kappa shape index (κ2) is 8.49. The van der Waals surface area contributed by atoms with Gasteiger partial charge in [0.15, 0.2) is 9.84 Å². The van der Waals surface area contributed by atoms with Gasteiger partial charge >= 0.3 is 0 Å². The van der Waals surface area contributed by atoms with Crippen LogP contribution < -0.4 is 10.2 Å². The van der Waals surface area contributed by atoms with Crippen molar-refractivity contribution in [2.24, 2.45) is 7.05 Å². The van der Waals surface area contributed by atoms with E-state index in [0.29, 0.717) is 5.56 Å². The molecule has 0 radical (unpaired) electrons. The van der Waals surface area contributed by atoms with E-state index in [9.17, 15) is 13.2 Å². The number of aromatic nitrogens is 1. The molecule has 1 amide bonds. The molecule has 0 aliphatic heterocycles. The quantitative estimate of drug-likeness (QED) is 0.342. The summed E-state index contributed by atoms with van der Waals surface area (Å²) in [6.45, 7) is 0. The van der Waals surface area contributed by atoms with Gasteiger partial charge in [-0.25, -0.2) is 13.9 Å². The molecule has 0 fully saturated rings. The minimum Gasteiger partial charge on any atom is -0.497 e. The van der Waals surface area contributed by atoms with Crippen LogP contribution in [0, 0.1) is 0 Å². The molecule has 0 saturated carbocycles. The second-order valence-corrected chi connectivity index (χ2v) is 9.45. The largest absolute Gasteiger partial charge is 0.497 e. The molecule has 8 heteroatoms. The van der Waals surface area contributed by atoms with Crippen LogP contribution in [0.4, 0.5) is 0 Å². The highest BCUT2D eigenvalue weighted by Crippen LogP contribution is 2.33. The SMILES string of the molecule is COc1cccc(-c2cn(C)c3ccc(CS(=O)(=O)c4ccc(C(=O)NO)cc4)cc23)c1. The number of hydroxylamine groups is 1. The Bertz CT molecular complexity index is 1410. The van der Waals surface area contributed by atoms with Gasteiger partial charge in [-0.15, -0.1) is 0 Å². The lowest BCUT2D eigenvalue weighted by Gasteiger charge is -2.08. The molecule has 32 heavy (non-hydrogen) atoms. The Hall–Kier alpha value is -3.62. The lowest BCUT2D eigenvalue weighted by molar-refractivity contribution is 0.0706. The Morgan fingerprint density at radius 2 is 1.81 bits per heavy atom. The Balaban J connectivity index is 1.70. The van der Waals surface area contributed by atoms with Crippen LogP contribution in [0.25, 0.3) is 22.0 Å². The third-order valence-corrected chi connectivity index (χ3v) is 7.07. The Morgan fingerprint density at radius 3 is 2.50 bits per heavy atom. The van der Waals surface area contributed by atoms with Gasteiger partial charge in [0.2, 0.25) is 0 Å². The fourth-order valence-corrected chi connectivity index (χ4v) is 5.07. The number of ether oxygens (including phenoxy) is 1. The molecular formula is C24H22N2O5S. The highest BCUT2D eigenvalue weighted by molar-refractivity contribution is 7.90. The van der Waals surface area contributed by atoms with Gasteiger partial charge < -0.3 is 9.30 Å². The maximum Gasteiger partial charge on any atom is 0.274 e. The first-order valence-corrected chi connectivity index (χ1v) is 11.5. The average molecular weight is 451 g/mol. The fourth-order valence-electron chi connectivity index (χ4n) is 3.73. The van der Waals surface area contributed by atoms with Gasteiger partial charge in [0, 0.05) is 35.3 Å². The Morgan fingerprint density at radius 1 is 1.06 bits per heavy atom. The molecule has 2 N–H and O–H groups in total. The average Bonchev–Trinajstić information content (AvgIpc) is 3.14. The highest BCUT2D eigenvalue weighted by atomic mass is 32.2. The van der Waals surface area contributed by atoms with Gasteiger partial charge in [0.1, 0.15) is 5.75 Å². The van der Waals surface area contributed by atoms with Crippen molar-refractivity contribution >= 4 is 26.6 Å². The highest BCUT2D eigenvalue weighted by Gasteiger charge is 2.18. The van der Waals surface area contributed by atoms with E-state index >= 15 is 0 Å². The number of rotatable bonds is 6. The number of amides is 1. The molecule has 0 spiro atoms. The zero-order valence-corrected chi connectivity index (χ0v) is 18.4. The summed E-state index contributed by atoms with van der Waals surface area (Å²) in [7, 11) is -0.0636. The molecule has 1 heterocycles. The molecule has 4 aromatic rings. The minimum absolute atomic E-state index is 0.105. The molecule has 7 nitrogen and oxygen atoms in total. The van der Waals surface area contributed by atoms with Crippen molar-refractivity contribution < 1.29 is 23.2 Å². The second-order valence-electron chi connectivity index (χ2n) is 7.46. The molecule has 3 aromatic carbocycles. The number of hydrogen-bond donors (Lipinski definition) is 2. The lowest BCUT2D eigenvalue weighted by atomic mass is 10.0. The number of carbonyl (C=O) groups excluding carboxylic acids is 1. The third kappa shape index (κ3) is 4.10. The molecular weight excluding hydrogens is 428 g/mol. The van der Waals surface area contributed by atoms with Gasteiger partial charge in [-0.05, 0) is 59.7 Å². The minimum atomic E-state index is -3.63. The van der Waals surface area contributed by atoms with Gasteiger partial charge in [0.05, 0.1) is 17.8 Å². The molecule has 1 aromatic heterocycles. The van der Waals surface area contributed by atoms with E-state index < -0.39 is 15.7 Å². The number of carbonyl (C=O) groups is 1. The monoisotopic (exact) mass is 450 g/mol. The zero-order valence-electron chi connectivity index (χ0n) is 17.6. The van der Waals surface area contributed by atoms with E-state index in [4.69, 9.17) is 9.94 Å². The van der Waals surface area contributed by atoms with Crippen molar-refractivity contribution in [2.75, 3.05) is 7.11 Å². The summed E-state index contributed by atoms with van der Waals surface area (Å²) >= 11 is 0. The Kier molecular flexibility index (Phi) is 5.73. The van der Waals surface area contributed by atoms with Crippen LogP contribution >= 0.6 is 0 Å². The van der Waals surface area contributed by atoms with Crippen molar-refractivity contribution in [3.05, 3.63) is 84.1 Å². The molecule has 4 rings (SSSR count). The number of nitrogens with zero attached hydrogens (tertiary/aromatic N) is 1. The van der Waals surface area contributed by atoms with Crippen molar-refractivity contribution in [1.29, 1.82) is 0 Å². The van der Waals surface area contributed by atoms with Crippen LogP contribution in [0.3, 0.4) is 0 Å². The number of methoxy groups -OCH3 is 1. The van der Waals surface area contributed by atoms with Crippen LogP contribution in [-0.4, -0.2) is 31.2 Å². The van der Waals surface area contributed by atoms with Crippen molar-refractivity contribution in [1.82, 2.24) is 10.0 Å². The van der Waals surface area contributed by atoms with E-state index in [1.54, 1.807) is 7.11 Å². The number of sulfone groups is 1. The van der Waals surface area contributed by atoms with Gasteiger partial charge in [-0.3, -0.25) is 10.0 Å². The van der Waals surface area contributed by atoms with Crippen LogP contribution in [0.2, 0.25) is 0 Å². The molecule has 0 bridgehead atoms. The zero-order chi connectivity index (χ0) is 22.9. The first-order chi connectivity index (χ1) is 15.3. The van der Waals surface area contributed by atoms with Crippen LogP contribution in [0.15, 0.2) is 77.8 Å². The number of hydrogen-bond acceptors (Lipinski definition) is 5. The number of fused-ring (bicyclic) bond motifs is 1. The first kappa shape index (κ1) is 21.6. The van der Waals surface area contributed by atoms with Crippen LogP contribution in [0.1, 0.15) is 15.9 Å². The van der Waals surface area contributed by atoms with Crippen molar-refractivity contribution in [2.45, 2.75) is 10.6 Å². The lowest BCUT2D eigenvalue weighted by Crippen LogP contribution is -2.18. The van der Waals surface area contributed by atoms with E-state index in [2.05, 4.69) is 0 Å². The van der Waals surface area contributed by atoms with E-state index in [0.717, 1.165) is 27.8 Å². The van der Waals surface area contributed by atoms with Gasteiger partial charge in [-0.1, -0.05) is 18.2 Å². The predicted octanol–water partition coefficient (Wildman–Crippen LogP) is 3.95. The number of benzene rings is 3. The van der Waals surface area contributed by atoms with Crippen molar-refractivity contribution in [3.8, 4) is 16.9 Å². The molecule has 0 aliphatic rings. The molecule has 0 unspecified atom stereocenters. The predicted molar refractivity (Wildman–Crippen MR) is 121 cm³/mol. The summed E-state index contributed by atoms with van der Waals surface area (Å²) in [4.78, 5) is 11.6. The van der Waals surface area contributed by atoms with Crippen molar-refractivity contribution in [3.63, 3.8) is 0 Å². The first-order valence-electron chi connectivity index (χ1n) is 9.82. The molecule has 0 saturated heterocycles. The maximum atomic E-state index is 13.0. The summed E-state index contributed by atoms with van der Waals surface area (Å²) in [6, 6.07) is 18.8. The molecule has 0 aliphatic carbocycles. The topological polar surface area (TPSA) is 97.6 Å². The van der Waals surface area contributed by atoms with E-state index in [1.807, 2.05) is 60.3 Å². The third-order valence-electron chi connectivity index (χ3n) is 5.37. The maximum absolute atomic E-state index is 13.0. The van der Waals surface area contributed by atoms with Crippen LogP contribution in [-0.2, 0) is 22.6 Å². The van der Waals surface area contributed by atoms with Gasteiger partial charge in [0.25, 0.3) is 5.91 Å². The normalized spacial score (nSPS) is 11.5. The standard InChI is InChI=1S/C24H22N2O5S/c1-26-14-22(18-4-3-5-19(13-18)31-2)21-12-16(6-11-23(21)26)15-32(29,30)20-9-7-17(8-10-20)24(27)25-28/h3-14,28H,15H2,1-2H3,(H,25,27). The van der Waals surface area contributed by atoms with Gasteiger partial charge in [-0.2, -0.15) is 0 Å². The summed E-state index contributed by atoms with van der Waals surface area (Å²) < 4.78 is 33.3. The Labute approximate surface area is 185 Å². The summed E-state index contributed by atoms with van der Waals surface area (Å²) in [6.07, 6.45) is 2.02. The summed E-state index contributed by atoms with van der Waals surface area (Å²) in [5.74, 6) is -0.133. The number of aryl methyl sites for hydroxylation is 1. The molecule has 164 valence electrons. The molecule has 0 atom stereocenters. The van der Waals surface area contributed by atoms with Crippen LogP contribution in [0.5, 0.6) is 5.75 Å². The summed E-state index contributed by atoms with van der Waals surface area (Å²) in [5, 5.41) is 9.66. The van der Waals surface area contributed by atoms with E-state index in [1.165, 1.54) is 29.7 Å². The number of nitrogens with one attached hydrogen (secondary N) is 1. The fraction of sp³-hybridized carbons (Fsp3) is 0.125. The van der Waals surface area contributed by atoms with E-state index in [-0.39, 0.29) is 16.2 Å². The smallest absolute Gasteiger partial charge is 0.274 e. The summed E-state index contributed by atoms with van der Waals surface area (Å²) in [5.41, 5.74) is 5.30.